The monoisotopic (exact) mass is 620 g/mol. The average Bonchev–Trinajstić information content (AvgIpc) is 3.57. The van der Waals surface area contributed by atoms with Crippen LogP contribution in [-0.2, 0) is 34.2 Å². The van der Waals surface area contributed by atoms with Crippen LogP contribution < -0.4 is 5.10 Å². The van der Waals surface area contributed by atoms with Crippen molar-refractivity contribution in [1.29, 1.82) is 0 Å². The van der Waals surface area contributed by atoms with Gasteiger partial charge in [0, 0.05) is 45.2 Å². The molecule has 5 aromatic heterocycles. The standard InChI is InChI=1S/C11H12N3.C10H9N8.Ir/c1-8(2)9-3-5-12-11(7-9)10-4-6-13-14-10;1-17-5-11-3-7(17)9-13-15-10(16-14-9)8-4-12-6-18(8)2;/h3-8H,1-2H3;3,5-6H,1-2H3;/q2*-1;. The van der Waals surface area contributed by atoms with E-state index >= 15 is 0 Å². The van der Waals surface area contributed by atoms with Gasteiger partial charge in [-0.05, 0) is 42.7 Å². The smallest absolute Gasteiger partial charge is 0.219 e. The molecule has 0 unspecified atom stereocenters. The van der Waals surface area contributed by atoms with Crippen LogP contribution in [0.25, 0.3) is 34.4 Å². The second kappa shape index (κ2) is 10.8. The predicted molar refractivity (Wildman–Crippen MR) is 116 cm³/mol. The average molecular weight is 620 g/mol. The van der Waals surface area contributed by atoms with Gasteiger partial charge in [-0.25, -0.2) is 4.98 Å². The molecule has 5 rings (SSSR count). The molecule has 0 fully saturated rings. The first kappa shape index (κ1) is 24.0. The van der Waals surface area contributed by atoms with Gasteiger partial charge in [0.15, 0.2) is 0 Å². The molecule has 0 spiro atoms. The largest absolute Gasteiger partial charge is 0.574 e. The first-order valence-corrected chi connectivity index (χ1v) is 9.87. The quantitative estimate of drug-likeness (QED) is 0.278. The Balaban J connectivity index is 0.000000186. The second-order valence-corrected chi connectivity index (χ2v) is 7.30. The van der Waals surface area contributed by atoms with E-state index in [0.29, 0.717) is 23.3 Å². The summed E-state index contributed by atoms with van der Waals surface area (Å²) >= 11 is 0. The van der Waals surface area contributed by atoms with Gasteiger partial charge in [-0.2, -0.15) is 10.2 Å². The molecule has 1 radical (unpaired) electrons. The third-order valence-electron chi connectivity index (χ3n) is 4.67. The van der Waals surface area contributed by atoms with E-state index in [2.05, 4.69) is 71.7 Å². The van der Waals surface area contributed by atoms with Crippen molar-refractivity contribution in [1.82, 2.24) is 54.7 Å². The molecular formula is C21H21IrN11-2. The molecule has 0 saturated carbocycles. The fourth-order valence-electron chi connectivity index (χ4n) is 2.84. The van der Waals surface area contributed by atoms with Gasteiger partial charge in [0.05, 0.1) is 12.5 Å². The van der Waals surface area contributed by atoms with Crippen LogP contribution in [0, 0.1) is 6.20 Å². The van der Waals surface area contributed by atoms with E-state index in [1.807, 2.05) is 32.4 Å². The number of aromatic nitrogens is 11. The van der Waals surface area contributed by atoms with Gasteiger partial charge < -0.3 is 24.3 Å². The van der Waals surface area contributed by atoms with Crippen LogP contribution in [0.5, 0.6) is 0 Å². The van der Waals surface area contributed by atoms with E-state index in [9.17, 15) is 0 Å². The zero-order chi connectivity index (χ0) is 22.5. The van der Waals surface area contributed by atoms with E-state index in [0.717, 1.165) is 17.1 Å². The SMILES string of the molecule is CC(C)c1ccnc(-c2ccn[n-]2)c1.Cn1cn[c-]c1-c1nnc(-c2cncn2C)nn1.[Ir]. The van der Waals surface area contributed by atoms with Crippen molar-refractivity contribution in [2.75, 3.05) is 0 Å². The van der Waals surface area contributed by atoms with Crippen LogP contribution in [0.3, 0.4) is 0 Å². The summed E-state index contributed by atoms with van der Waals surface area (Å²) in [5, 5.41) is 23.9. The number of hydrogen-bond donors (Lipinski definition) is 0. The number of nitrogens with zero attached hydrogens (tertiary/aromatic N) is 11. The van der Waals surface area contributed by atoms with Gasteiger partial charge in [0.1, 0.15) is 11.5 Å². The molecule has 0 N–H and O–H groups in total. The minimum Gasteiger partial charge on any atom is -0.574 e. The number of imidazole rings is 2. The molecule has 0 aliphatic heterocycles. The van der Waals surface area contributed by atoms with Crippen molar-refractivity contribution >= 4 is 0 Å². The normalized spacial score (nSPS) is 10.5. The maximum absolute atomic E-state index is 4.26. The van der Waals surface area contributed by atoms with E-state index in [-0.39, 0.29) is 20.1 Å². The Morgan fingerprint density at radius 3 is 2.27 bits per heavy atom. The third kappa shape index (κ3) is 5.60. The second-order valence-electron chi connectivity index (χ2n) is 7.30. The Bertz CT molecular complexity index is 1210. The van der Waals surface area contributed by atoms with Crippen molar-refractivity contribution in [3.63, 3.8) is 0 Å². The topological polar surface area (TPSA) is 127 Å². The molecule has 0 atom stereocenters. The van der Waals surface area contributed by atoms with Crippen LogP contribution in [0.4, 0.5) is 0 Å². The first-order chi connectivity index (χ1) is 15.5. The molecule has 0 saturated heterocycles. The number of rotatable bonds is 4. The van der Waals surface area contributed by atoms with Crippen LogP contribution in [0.1, 0.15) is 25.3 Å². The van der Waals surface area contributed by atoms with Crippen molar-refractivity contribution in [3.8, 4) is 34.4 Å². The Labute approximate surface area is 204 Å². The van der Waals surface area contributed by atoms with Crippen molar-refractivity contribution in [3.05, 3.63) is 61.2 Å². The summed E-state index contributed by atoms with van der Waals surface area (Å²) in [5.74, 6) is 1.33. The third-order valence-corrected chi connectivity index (χ3v) is 4.67. The maximum Gasteiger partial charge on any atom is 0.219 e. The van der Waals surface area contributed by atoms with E-state index in [1.165, 1.54) is 5.56 Å². The number of aryl methyl sites for hydroxylation is 2. The number of hydrogen-bond acceptors (Lipinski definition) is 8. The van der Waals surface area contributed by atoms with E-state index < -0.39 is 0 Å². The fourth-order valence-corrected chi connectivity index (χ4v) is 2.84. The molecule has 0 amide bonds. The molecule has 5 aromatic rings. The van der Waals surface area contributed by atoms with Gasteiger partial charge in [-0.1, -0.05) is 31.8 Å². The summed E-state index contributed by atoms with van der Waals surface area (Å²) in [7, 11) is 3.69. The number of pyridine rings is 1. The van der Waals surface area contributed by atoms with Crippen molar-refractivity contribution in [2.45, 2.75) is 19.8 Å². The summed E-state index contributed by atoms with van der Waals surface area (Å²) in [4.78, 5) is 12.1. The molecule has 5 heterocycles. The minimum absolute atomic E-state index is 0. The van der Waals surface area contributed by atoms with Crippen LogP contribution in [-0.4, -0.2) is 49.6 Å². The molecular weight excluding hydrogens is 599 g/mol. The van der Waals surface area contributed by atoms with Gasteiger partial charge in [-0.15, -0.1) is 10.2 Å². The van der Waals surface area contributed by atoms with Gasteiger partial charge in [0.25, 0.3) is 0 Å². The van der Waals surface area contributed by atoms with E-state index in [4.69, 9.17) is 0 Å². The summed E-state index contributed by atoms with van der Waals surface area (Å²) in [6.07, 6.45) is 11.2. The Morgan fingerprint density at radius 2 is 1.70 bits per heavy atom. The summed E-state index contributed by atoms with van der Waals surface area (Å²) < 4.78 is 3.55. The zero-order valence-corrected chi connectivity index (χ0v) is 20.8. The Hall–Kier alpha value is -3.63. The molecule has 33 heavy (non-hydrogen) atoms. The minimum atomic E-state index is 0. The maximum atomic E-state index is 4.26. The Morgan fingerprint density at radius 1 is 0.939 bits per heavy atom. The zero-order valence-electron chi connectivity index (χ0n) is 18.4. The fraction of sp³-hybridized carbons (Fsp3) is 0.238. The molecule has 0 aliphatic rings. The molecule has 171 valence electrons. The van der Waals surface area contributed by atoms with Gasteiger partial charge >= 0.3 is 0 Å². The summed E-state index contributed by atoms with van der Waals surface area (Å²) in [6.45, 7) is 4.32. The van der Waals surface area contributed by atoms with Crippen LogP contribution in [0.2, 0.25) is 0 Å². The van der Waals surface area contributed by atoms with E-state index in [1.54, 1.807) is 34.2 Å². The van der Waals surface area contributed by atoms with Crippen LogP contribution in [0.15, 0.2) is 49.4 Å². The summed E-state index contributed by atoms with van der Waals surface area (Å²) in [6, 6.07) is 5.96. The summed E-state index contributed by atoms with van der Waals surface area (Å²) in [5.41, 5.74) is 4.42. The predicted octanol–water partition coefficient (Wildman–Crippen LogP) is 2.09. The Kier molecular flexibility index (Phi) is 7.86. The van der Waals surface area contributed by atoms with Gasteiger partial charge in [-0.3, -0.25) is 4.98 Å². The van der Waals surface area contributed by atoms with Gasteiger partial charge in [0.2, 0.25) is 5.82 Å². The molecule has 0 aliphatic carbocycles. The molecule has 0 aromatic carbocycles. The molecule has 12 heteroatoms. The molecule has 0 bridgehead atoms. The van der Waals surface area contributed by atoms with Crippen molar-refractivity contribution in [2.24, 2.45) is 14.1 Å². The van der Waals surface area contributed by atoms with Crippen molar-refractivity contribution < 1.29 is 20.1 Å². The van der Waals surface area contributed by atoms with Crippen LogP contribution >= 0.6 is 0 Å². The first-order valence-electron chi connectivity index (χ1n) is 9.87. The molecule has 11 nitrogen and oxygen atoms in total.